The molecule has 0 aliphatic carbocycles. The van der Waals surface area contributed by atoms with Crippen molar-refractivity contribution in [2.24, 2.45) is 0 Å². The number of rotatable bonds is 11. The maximum absolute atomic E-state index is 12.0. The Labute approximate surface area is 178 Å². The van der Waals surface area contributed by atoms with Gasteiger partial charge >= 0.3 is 41.5 Å². The van der Waals surface area contributed by atoms with Crippen molar-refractivity contribution in [3.05, 3.63) is 69.4 Å². The molecule has 1 rings (SSSR count). The van der Waals surface area contributed by atoms with Crippen LogP contribution in [0.2, 0.25) is 0 Å². The van der Waals surface area contributed by atoms with Crippen LogP contribution in [0.4, 0.5) is 14.4 Å². The topological polar surface area (TPSA) is 194 Å². The maximum Gasteiger partial charge on any atom is 0.514 e. The van der Waals surface area contributed by atoms with E-state index in [4.69, 9.17) is 14.2 Å². The Hall–Kier alpha value is -4.56. The lowest BCUT2D eigenvalue weighted by atomic mass is 10.5. The van der Waals surface area contributed by atoms with Gasteiger partial charge in [0.25, 0.3) is 0 Å². The Balaban J connectivity index is 3.47. The molecule has 0 spiro atoms. The van der Waals surface area contributed by atoms with Crippen molar-refractivity contribution < 1.29 is 42.8 Å². The summed E-state index contributed by atoms with van der Waals surface area (Å²) in [5, 5.41) is 0. The Kier molecular flexibility index (Phi) is 9.72. The Morgan fingerprint density at radius 2 is 1.09 bits per heavy atom. The van der Waals surface area contributed by atoms with Crippen molar-refractivity contribution in [1.29, 1.82) is 0 Å². The van der Waals surface area contributed by atoms with Crippen LogP contribution >= 0.6 is 0 Å². The van der Waals surface area contributed by atoms with Crippen LogP contribution in [0.3, 0.4) is 0 Å². The lowest BCUT2D eigenvalue weighted by Crippen LogP contribution is -2.54. The van der Waals surface area contributed by atoms with Crippen molar-refractivity contribution in [3.8, 4) is 0 Å². The van der Waals surface area contributed by atoms with E-state index in [0.717, 1.165) is 18.2 Å². The molecule has 1 aromatic heterocycles. The lowest BCUT2D eigenvalue weighted by molar-refractivity contribution is -0.324. The molecule has 15 heteroatoms. The minimum Gasteiger partial charge on any atom is -0.430 e. The molecule has 1 heterocycles. The van der Waals surface area contributed by atoms with Gasteiger partial charge in [-0.3, -0.25) is 9.97 Å². The summed E-state index contributed by atoms with van der Waals surface area (Å²) in [7, 11) is 0. The van der Waals surface area contributed by atoms with E-state index in [1.165, 1.54) is 0 Å². The van der Waals surface area contributed by atoms with Crippen LogP contribution in [0.25, 0.3) is 0 Å². The summed E-state index contributed by atoms with van der Waals surface area (Å²) in [6.45, 7) is 7.51. The zero-order chi connectivity index (χ0) is 24.1. The van der Waals surface area contributed by atoms with E-state index >= 15 is 0 Å². The predicted molar refractivity (Wildman–Crippen MR) is 103 cm³/mol. The van der Waals surface area contributed by atoms with E-state index < -0.39 is 48.1 Å². The summed E-state index contributed by atoms with van der Waals surface area (Å²) in [6.07, 6.45) is -1.28. The molecule has 0 saturated carbocycles. The molecular weight excluding hydrogens is 438 g/mol. The average molecular weight is 457 g/mol. The molecule has 1 aromatic rings. The fraction of sp³-hybridized carbons (Fsp3) is 0.294. The molecule has 0 aromatic carbocycles. The standard InChI is InChI=1S/C17H19N3O12/c1-4-7-27-14(24)30-17(31-15(25)28-8-5-2,32-16(26)29-9-6-3)10-20-12(22)18-11(21)19-13(20)23/h4-6H,1-3,7-10H2,(H2,18,19,21,22,23). The number of hydrogen-bond donors (Lipinski definition) is 2. The van der Waals surface area contributed by atoms with Crippen LogP contribution in [0, 0.1) is 0 Å². The second kappa shape index (κ2) is 12.2. The van der Waals surface area contributed by atoms with Gasteiger partial charge in [0, 0.05) is 0 Å². The van der Waals surface area contributed by atoms with Crippen molar-refractivity contribution in [2.45, 2.75) is 12.5 Å². The second-order valence-electron chi connectivity index (χ2n) is 5.31. The number of ether oxygens (including phenoxy) is 6. The third-order valence-corrected chi connectivity index (χ3v) is 2.96. The Bertz CT molecular complexity index is 935. The highest BCUT2D eigenvalue weighted by Crippen LogP contribution is 2.21. The quantitative estimate of drug-likeness (QED) is 0.194. The zero-order valence-corrected chi connectivity index (χ0v) is 16.5. The first-order valence-electron chi connectivity index (χ1n) is 8.49. The Morgan fingerprint density at radius 1 is 0.750 bits per heavy atom. The SMILES string of the molecule is C=CCOC(=O)OC(Cn1c(=O)[nH]c(=O)[nH]c1=O)(OC(=O)OCC=C)OC(=O)OCC=C. The molecule has 0 saturated heterocycles. The maximum atomic E-state index is 12.0. The zero-order valence-electron chi connectivity index (χ0n) is 16.5. The van der Waals surface area contributed by atoms with Gasteiger partial charge in [0.1, 0.15) is 19.8 Å². The molecule has 0 amide bonds. The lowest BCUT2D eigenvalue weighted by Gasteiger charge is -2.29. The van der Waals surface area contributed by atoms with Crippen molar-refractivity contribution in [1.82, 2.24) is 14.5 Å². The molecule has 0 atom stereocenters. The molecule has 174 valence electrons. The van der Waals surface area contributed by atoms with Gasteiger partial charge in [0.05, 0.1) is 0 Å². The summed E-state index contributed by atoms with van der Waals surface area (Å²) in [6, 6.07) is 0. The predicted octanol–water partition coefficient (Wildman–Crippen LogP) is -0.104. The van der Waals surface area contributed by atoms with Crippen LogP contribution in [-0.4, -0.2) is 58.8 Å². The Morgan fingerprint density at radius 3 is 1.41 bits per heavy atom. The molecule has 0 fully saturated rings. The molecule has 0 aliphatic rings. The van der Waals surface area contributed by atoms with Gasteiger partial charge in [0.15, 0.2) is 6.54 Å². The van der Waals surface area contributed by atoms with Gasteiger partial charge in [-0.25, -0.2) is 33.3 Å². The molecule has 0 radical (unpaired) electrons. The summed E-state index contributed by atoms with van der Waals surface area (Å²) < 4.78 is 28.3. The molecular formula is C17H19N3O12. The van der Waals surface area contributed by atoms with E-state index in [1.54, 1.807) is 9.97 Å². The van der Waals surface area contributed by atoms with Crippen molar-refractivity contribution in [2.75, 3.05) is 19.8 Å². The van der Waals surface area contributed by atoms with Crippen LogP contribution < -0.4 is 17.1 Å². The van der Waals surface area contributed by atoms with Gasteiger partial charge in [-0.1, -0.05) is 38.0 Å². The molecule has 0 aliphatic heterocycles. The highest BCUT2D eigenvalue weighted by atomic mass is 17.0. The second-order valence-corrected chi connectivity index (χ2v) is 5.31. The van der Waals surface area contributed by atoms with Crippen LogP contribution in [0.5, 0.6) is 0 Å². The number of carbonyl (C=O) groups excluding carboxylic acids is 3. The minimum atomic E-state index is -3.16. The van der Waals surface area contributed by atoms with E-state index in [9.17, 15) is 28.8 Å². The smallest absolute Gasteiger partial charge is 0.430 e. The number of aromatic nitrogens is 3. The summed E-state index contributed by atoms with van der Waals surface area (Å²) in [5.74, 6) is -3.16. The molecule has 32 heavy (non-hydrogen) atoms. The third kappa shape index (κ3) is 8.05. The van der Waals surface area contributed by atoms with E-state index in [0.29, 0.717) is 0 Å². The number of carbonyl (C=O) groups is 3. The average Bonchev–Trinajstić information content (AvgIpc) is 2.71. The number of H-pyrrole nitrogens is 2. The van der Waals surface area contributed by atoms with Gasteiger partial charge in [-0.2, -0.15) is 0 Å². The van der Waals surface area contributed by atoms with Gasteiger partial charge in [-0.15, -0.1) is 0 Å². The largest absolute Gasteiger partial charge is 0.514 e. The summed E-state index contributed by atoms with van der Waals surface area (Å²) >= 11 is 0. The normalized spacial score (nSPS) is 10.2. The van der Waals surface area contributed by atoms with Crippen LogP contribution in [-0.2, 0) is 35.0 Å². The summed E-state index contributed by atoms with van der Waals surface area (Å²) in [4.78, 5) is 74.8. The summed E-state index contributed by atoms with van der Waals surface area (Å²) in [5.41, 5.74) is -3.83. The third-order valence-electron chi connectivity index (χ3n) is 2.96. The van der Waals surface area contributed by atoms with E-state index in [-0.39, 0.29) is 24.4 Å². The minimum absolute atomic E-state index is 0.184. The van der Waals surface area contributed by atoms with Gasteiger partial charge < -0.3 is 28.4 Å². The molecule has 0 bridgehead atoms. The van der Waals surface area contributed by atoms with Crippen LogP contribution in [0.1, 0.15) is 0 Å². The fourth-order valence-corrected chi connectivity index (χ4v) is 1.80. The van der Waals surface area contributed by atoms with E-state index in [2.05, 4.69) is 33.9 Å². The first-order valence-corrected chi connectivity index (χ1v) is 8.49. The first kappa shape index (κ1) is 25.5. The number of hydrogen-bond acceptors (Lipinski definition) is 12. The highest BCUT2D eigenvalue weighted by molar-refractivity contribution is 5.65. The molecule has 0 unspecified atom stereocenters. The van der Waals surface area contributed by atoms with E-state index in [1.807, 2.05) is 0 Å². The fourth-order valence-electron chi connectivity index (χ4n) is 1.80. The molecule has 15 nitrogen and oxygen atoms in total. The highest BCUT2D eigenvalue weighted by Gasteiger charge is 2.47. The monoisotopic (exact) mass is 457 g/mol. The van der Waals surface area contributed by atoms with Crippen molar-refractivity contribution >= 4 is 18.5 Å². The van der Waals surface area contributed by atoms with Crippen molar-refractivity contribution in [3.63, 3.8) is 0 Å². The van der Waals surface area contributed by atoms with Crippen LogP contribution in [0.15, 0.2) is 52.3 Å². The number of aromatic amines is 2. The van der Waals surface area contributed by atoms with Gasteiger partial charge in [0.2, 0.25) is 0 Å². The number of nitrogens with zero attached hydrogens (tertiary/aromatic N) is 1. The number of nitrogens with one attached hydrogen (secondary N) is 2. The van der Waals surface area contributed by atoms with Gasteiger partial charge in [-0.05, 0) is 0 Å². The molecule has 2 N–H and O–H groups in total. The first-order chi connectivity index (χ1) is 15.2.